The Hall–Kier alpha value is -2.41. The molecule has 1 heterocycles. The molecule has 0 atom stereocenters. The molecule has 7 heteroatoms. The quantitative estimate of drug-likeness (QED) is 0.763. The van der Waals surface area contributed by atoms with Crippen molar-refractivity contribution in [3.05, 3.63) is 64.7 Å². The Labute approximate surface area is 140 Å². The first-order valence-corrected chi connectivity index (χ1v) is 8.05. The average Bonchev–Trinajstić information content (AvgIpc) is 2.97. The van der Waals surface area contributed by atoms with Gasteiger partial charge in [0.2, 0.25) is 0 Å². The first-order chi connectivity index (χ1) is 11.4. The van der Waals surface area contributed by atoms with Gasteiger partial charge in [0.25, 0.3) is 5.91 Å². The fourth-order valence-electron chi connectivity index (χ4n) is 2.25. The Morgan fingerprint density at radius 1 is 1.12 bits per heavy atom. The number of fused-ring (bicyclic) bond motifs is 1. The summed E-state index contributed by atoms with van der Waals surface area (Å²) in [5, 5.41) is 3.51. The number of hydrogen-bond donors (Lipinski definition) is 1. The second-order valence-electron chi connectivity index (χ2n) is 5.16. The van der Waals surface area contributed by atoms with E-state index in [2.05, 4.69) is 10.3 Å². The summed E-state index contributed by atoms with van der Waals surface area (Å²) in [6.45, 7) is 0.314. The lowest BCUT2D eigenvalue weighted by Gasteiger charge is -2.09. The SMILES string of the molecule is O=C(NCCc1nc2ccccc2s1)c1cccc(C(F)(F)F)c1. The van der Waals surface area contributed by atoms with Crippen molar-refractivity contribution >= 4 is 27.5 Å². The summed E-state index contributed by atoms with van der Waals surface area (Å²) in [6, 6.07) is 12.1. The van der Waals surface area contributed by atoms with Crippen LogP contribution in [0.5, 0.6) is 0 Å². The molecule has 0 aliphatic rings. The van der Waals surface area contributed by atoms with Crippen molar-refractivity contribution in [3.8, 4) is 0 Å². The average molecular weight is 350 g/mol. The van der Waals surface area contributed by atoms with Crippen molar-refractivity contribution in [3.63, 3.8) is 0 Å². The number of benzene rings is 2. The summed E-state index contributed by atoms with van der Waals surface area (Å²) in [4.78, 5) is 16.4. The minimum atomic E-state index is -4.46. The molecule has 1 aromatic heterocycles. The predicted molar refractivity (Wildman–Crippen MR) is 87.1 cm³/mol. The normalized spacial score (nSPS) is 11.6. The van der Waals surface area contributed by atoms with E-state index in [1.54, 1.807) is 0 Å². The van der Waals surface area contributed by atoms with Gasteiger partial charge in [0, 0.05) is 18.5 Å². The summed E-state index contributed by atoms with van der Waals surface area (Å²) in [6.07, 6.45) is -3.93. The van der Waals surface area contributed by atoms with Crippen LogP contribution in [0.4, 0.5) is 13.2 Å². The number of hydrogen-bond acceptors (Lipinski definition) is 3. The van der Waals surface area contributed by atoms with E-state index in [4.69, 9.17) is 0 Å². The Bertz CT molecular complexity index is 840. The van der Waals surface area contributed by atoms with Crippen LogP contribution in [-0.2, 0) is 12.6 Å². The predicted octanol–water partition coefficient (Wildman–Crippen LogP) is 4.29. The van der Waals surface area contributed by atoms with Crippen molar-refractivity contribution in [2.45, 2.75) is 12.6 Å². The fraction of sp³-hybridized carbons (Fsp3) is 0.176. The Morgan fingerprint density at radius 3 is 2.67 bits per heavy atom. The largest absolute Gasteiger partial charge is 0.416 e. The number of nitrogens with zero attached hydrogens (tertiary/aromatic N) is 1. The summed E-state index contributed by atoms with van der Waals surface area (Å²) in [5.74, 6) is -0.526. The zero-order valence-electron chi connectivity index (χ0n) is 12.4. The molecule has 1 amide bonds. The van der Waals surface area contributed by atoms with Gasteiger partial charge in [0.15, 0.2) is 0 Å². The molecule has 1 N–H and O–H groups in total. The van der Waals surface area contributed by atoms with Gasteiger partial charge in [-0.2, -0.15) is 13.2 Å². The topological polar surface area (TPSA) is 42.0 Å². The molecule has 0 fully saturated rings. The van der Waals surface area contributed by atoms with E-state index in [0.29, 0.717) is 13.0 Å². The Morgan fingerprint density at radius 2 is 1.92 bits per heavy atom. The second kappa shape index (κ2) is 6.60. The van der Waals surface area contributed by atoms with Gasteiger partial charge >= 0.3 is 6.18 Å². The number of carbonyl (C=O) groups excluding carboxylic acids is 1. The number of para-hydroxylation sites is 1. The molecule has 0 radical (unpaired) electrons. The minimum Gasteiger partial charge on any atom is -0.352 e. The van der Waals surface area contributed by atoms with E-state index in [1.807, 2.05) is 24.3 Å². The van der Waals surface area contributed by atoms with Gasteiger partial charge in [0.1, 0.15) is 0 Å². The third-order valence-corrected chi connectivity index (χ3v) is 4.51. The van der Waals surface area contributed by atoms with Crippen molar-refractivity contribution in [2.75, 3.05) is 6.54 Å². The van der Waals surface area contributed by atoms with Crippen LogP contribution in [0.2, 0.25) is 0 Å². The molecule has 0 saturated carbocycles. The third-order valence-electron chi connectivity index (χ3n) is 3.41. The molecule has 0 unspecified atom stereocenters. The van der Waals surface area contributed by atoms with Crippen LogP contribution in [0.1, 0.15) is 20.9 Å². The molecular formula is C17H13F3N2OS. The number of amides is 1. The lowest BCUT2D eigenvalue weighted by molar-refractivity contribution is -0.137. The molecular weight excluding hydrogens is 337 g/mol. The van der Waals surface area contributed by atoms with Gasteiger partial charge in [-0.25, -0.2) is 4.98 Å². The van der Waals surface area contributed by atoms with E-state index >= 15 is 0 Å². The molecule has 3 rings (SSSR count). The molecule has 3 aromatic rings. The molecule has 124 valence electrons. The summed E-state index contributed by atoms with van der Waals surface area (Å²) in [7, 11) is 0. The number of carbonyl (C=O) groups is 1. The Kier molecular flexibility index (Phi) is 4.53. The zero-order chi connectivity index (χ0) is 17.2. The number of nitrogens with one attached hydrogen (secondary N) is 1. The number of aromatic nitrogens is 1. The van der Waals surface area contributed by atoms with Crippen molar-refractivity contribution in [2.24, 2.45) is 0 Å². The second-order valence-corrected chi connectivity index (χ2v) is 6.27. The van der Waals surface area contributed by atoms with Crippen LogP contribution in [0.3, 0.4) is 0 Å². The van der Waals surface area contributed by atoms with Crippen LogP contribution in [-0.4, -0.2) is 17.4 Å². The molecule has 0 spiro atoms. The van der Waals surface area contributed by atoms with E-state index in [-0.39, 0.29) is 5.56 Å². The molecule has 0 saturated heterocycles. The molecule has 24 heavy (non-hydrogen) atoms. The van der Waals surface area contributed by atoms with Gasteiger partial charge in [-0.1, -0.05) is 18.2 Å². The summed E-state index contributed by atoms with van der Waals surface area (Å²) in [5.41, 5.74) is 0.0668. The fourth-order valence-corrected chi connectivity index (χ4v) is 3.22. The van der Waals surface area contributed by atoms with Crippen LogP contribution >= 0.6 is 11.3 Å². The van der Waals surface area contributed by atoms with E-state index in [1.165, 1.54) is 23.5 Å². The van der Waals surface area contributed by atoms with Crippen molar-refractivity contribution in [1.29, 1.82) is 0 Å². The van der Waals surface area contributed by atoms with Gasteiger partial charge in [-0.05, 0) is 30.3 Å². The minimum absolute atomic E-state index is 0.00544. The van der Waals surface area contributed by atoms with E-state index < -0.39 is 17.6 Å². The maximum atomic E-state index is 12.7. The van der Waals surface area contributed by atoms with Crippen LogP contribution in [0, 0.1) is 0 Å². The Balaban J connectivity index is 1.61. The van der Waals surface area contributed by atoms with Crippen molar-refractivity contribution in [1.82, 2.24) is 10.3 Å². The van der Waals surface area contributed by atoms with Crippen LogP contribution in [0.25, 0.3) is 10.2 Å². The van der Waals surface area contributed by atoms with Gasteiger partial charge in [-0.3, -0.25) is 4.79 Å². The molecule has 3 nitrogen and oxygen atoms in total. The first kappa shape index (κ1) is 16.4. The maximum absolute atomic E-state index is 12.7. The number of thiazole rings is 1. The molecule has 0 bridgehead atoms. The lowest BCUT2D eigenvalue weighted by atomic mass is 10.1. The third kappa shape index (κ3) is 3.73. The monoisotopic (exact) mass is 350 g/mol. The van der Waals surface area contributed by atoms with Gasteiger partial charge in [-0.15, -0.1) is 11.3 Å². The van der Waals surface area contributed by atoms with E-state index in [9.17, 15) is 18.0 Å². The van der Waals surface area contributed by atoms with Crippen LogP contribution < -0.4 is 5.32 Å². The highest BCUT2D eigenvalue weighted by Crippen LogP contribution is 2.29. The molecule has 2 aromatic carbocycles. The summed E-state index contributed by atoms with van der Waals surface area (Å²) < 4.78 is 39.1. The summed E-state index contributed by atoms with van der Waals surface area (Å²) >= 11 is 1.54. The number of rotatable bonds is 4. The van der Waals surface area contributed by atoms with E-state index in [0.717, 1.165) is 27.4 Å². The highest BCUT2D eigenvalue weighted by molar-refractivity contribution is 7.18. The number of alkyl halides is 3. The standard InChI is InChI=1S/C17H13F3N2OS/c18-17(19,20)12-5-3-4-11(10-12)16(23)21-9-8-15-22-13-6-1-2-7-14(13)24-15/h1-7,10H,8-9H2,(H,21,23). The number of halogens is 3. The van der Waals surface area contributed by atoms with Crippen LogP contribution in [0.15, 0.2) is 48.5 Å². The highest BCUT2D eigenvalue weighted by Gasteiger charge is 2.30. The van der Waals surface area contributed by atoms with Crippen molar-refractivity contribution < 1.29 is 18.0 Å². The molecule has 0 aliphatic carbocycles. The lowest BCUT2D eigenvalue weighted by Crippen LogP contribution is -2.26. The zero-order valence-corrected chi connectivity index (χ0v) is 13.2. The smallest absolute Gasteiger partial charge is 0.352 e. The molecule has 0 aliphatic heterocycles. The highest BCUT2D eigenvalue weighted by atomic mass is 32.1. The maximum Gasteiger partial charge on any atom is 0.416 e. The van der Waals surface area contributed by atoms with Gasteiger partial charge in [0.05, 0.1) is 20.8 Å². The first-order valence-electron chi connectivity index (χ1n) is 7.23. The van der Waals surface area contributed by atoms with Gasteiger partial charge < -0.3 is 5.32 Å².